The van der Waals surface area contributed by atoms with Gasteiger partial charge in [0.15, 0.2) is 0 Å². The molecule has 1 aromatic carbocycles. The number of hydrogen-bond acceptors (Lipinski definition) is 3. The summed E-state index contributed by atoms with van der Waals surface area (Å²) in [6.45, 7) is 7.09. The van der Waals surface area contributed by atoms with Crippen LogP contribution in [0.25, 0.3) is 0 Å². The maximum Gasteiger partial charge on any atom is 0.246 e. The number of rotatable bonds is 5. The molecule has 0 aliphatic carbocycles. The average Bonchev–Trinajstić information content (AvgIpc) is 2.63. The zero-order chi connectivity index (χ0) is 14.0. The maximum absolute atomic E-state index is 11.9. The van der Waals surface area contributed by atoms with Crippen molar-refractivity contribution in [2.75, 3.05) is 17.6 Å². The molecule has 104 valence electrons. The number of amides is 1. The molecule has 0 saturated heterocycles. The van der Waals surface area contributed by atoms with Crippen LogP contribution in [0.15, 0.2) is 17.0 Å². The number of likely N-dealkylation sites (N-methyl/N-ethyl adjacent to an activating group) is 1. The highest BCUT2D eigenvalue weighted by Crippen LogP contribution is 2.39. The third-order valence-corrected chi connectivity index (χ3v) is 4.82. The van der Waals surface area contributed by atoms with Gasteiger partial charge in [-0.3, -0.25) is 4.79 Å². The van der Waals surface area contributed by atoms with Gasteiger partial charge in [0, 0.05) is 21.9 Å². The van der Waals surface area contributed by atoms with Gasteiger partial charge in [0.1, 0.15) is 6.04 Å². The van der Waals surface area contributed by atoms with Crippen LogP contribution in [0.5, 0.6) is 0 Å². The SMILES string of the molecule is CCNC1C(=O)Nc2cc(SCC(C)C)c(Cl)cc21. The van der Waals surface area contributed by atoms with E-state index in [4.69, 9.17) is 11.6 Å². The van der Waals surface area contributed by atoms with Crippen molar-refractivity contribution in [3.05, 3.63) is 22.7 Å². The van der Waals surface area contributed by atoms with Gasteiger partial charge < -0.3 is 10.6 Å². The third kappa shape index (κ3) is 3.25. The molecular weight excluding hydrogens is 280 g/mol. The second-order valence-corrected chi connectivity index (χ2v) is 6.52. The molecule has 1 aliphatic heterocycles. The topological polar surface area (TPSA) is 41.1 Å². The Morgan fingerprint density at radius 2 is 2.21 bits per heavy atom. The number of fused-ring (bicyclic) bond motifs is 1. The second kappa shape index (κ2) is 6.16. The smallest absolute Gasteiger partial charge is 0.246 e. The first kappa shape index (κ1) is 14.7. The summed E-state index contributed by atoms with van der Waals surface area (Å²) in [6.07, 6.45) is 0. The van der Waals surface area contributed by atoms with Crippen molar-refractivity contribution >= 4 is 35.0 Å². The largest absolute Gasteiger partial charge is 0.324 e. The Morgan fingerprint density at radius 1 is 1.47 bits per heavy atom. The van der Waals surface area contributed by atoms with Crippen molar-refractivity contribution < 1.29 is 4.79 Å². The van der Waals surface area contributed by atoms with E-state index in [2.05, 4.69) is 24.5 Å². The average molecular weight is 299 g/mol. The van der Waals surface area contributed by atoms with Gasteiger partial charge in [0.2, 0.25) is 5.91 Å². The molecule has 5 heteroatoms. The minimum absolute atomic E-state index is 0.000994. The van der Waals surface area contributed by atoms with Crippen LogP contribution in [0.2, 0.25) is 5.02 Å². The molecule has 0 aromatic heterocycles. The van der Waals surface area contributed by atoms with Gasteiger partial charge in [0.25, 0.3) is 0 Å². The van der Waals surface area contributed by atoms with E-state index >= 15 is 0 Å². The molecule has 2 N–H and O–H groups in total. The molecule has 1 heterocycles. The summed E-state index contributed by atoms with van der Waals surface area (Å²) in [7, 11) is 0. The zero-order valence-electron chi connectivity index (χ0n) is 11.4. The van der Waals surface area contributed by atoms with Crippen LogP contribution in [0.4, 0.5) is 5.69 Å². The van der Waals surface area contributed by atoms with E-state index in [1.807, 2.05) is 19.1 Å². The number of benzene rings is 1. The fourth-order valence-electron chi connectivity index (χ4n) is 2.04. The normalized spacial score (nSPS) is 17.7. The Kier molecular flexibility index (Phi) is 4.76. The van der Waals surface area contributed by atoms with Crippen molar-refractivity contribution in [3.63, 3.8) is 0 Å². The highest BCUT2D eigenvalue weighted by molar-refractivity contribution is 7.99. The molecule has 1 atom stereocenters. The summed E-state index contributed by atoms with van der Waals surface area (Å²) in [5, 5.41) is 6.81. The van der Waals surface area contributed by atoms with Crippen LogP contribution in [0.3, 0.4) is 0 Å². The summed E-state index contributed by atoms with van der Waals surface area (Å²) in [6, 6.07) is 3.62. The molecule has 3 nitrogen and oxygen atoms in total. The monoisotopic (exact) mass is 298 g/mol. The zero-order valence-corrected chi connectivity index (χ0v) is 13.0. The van der Waals surface area contributed by atoms with Gasteiger partial charge in [0.05, 0.1) is 5.02 Å². The van der Waals surface area contributed by atoms with Crippen LogP contribution >= 0.6 is 23.4 Å². The quantitative estimate of drug-likeness (QED) is 0.815. The van der Waals surface area contributed by atoms with Crippen LogP contribution in [0, 0.1) is 5.92 Å². The van der Waals surface area contributed by atoms with E-state index in [-0.39, 0.29) is 11.9 Å². The van der Waals surface area contributed by atoms with Gasteiger partial charge in [-0.15, -0.1) is 11.8 Å². The van der Waals surface area contributed by atoms with Crippen molar-refractivity contribution in [2.45, 2.75) is 31.7 Å². The van der Waals surface area contributed by atoms with Gasteiger partial charge >= 0.3 is 0 Å². The summed E-state index contributed by atoms with van der Waals surface area (Å²) >= 11 is 8.05. The number of carbonyl (C=O) groups excluding carboxylic acids is 1. The molecule has 2 rings (SSSR count). The van der Waals surface area contributed by atoms with E-state index in [1.165, 1.54) is 0 Å². The van der Waals surface area contributed by atoms with E-state index < -0.39 is 0 Å². The minimum Gasteiger partial charge on any atom is -0.324 e. The third-order valence-electron chi connectivity index (χ3n) is 2.92. The number of thioether (sulfide) groups is 1. The molecule has 0 radical (unpaired) electrons. The van der Waals surface area contributed by atoms with Crippen molar-refractivity contribution in [2.24, 2.45) is 5.92 Å². The highest BCUT2D eigenvalue weighted by atomic mass is 35.5. The lowest BCUT2D eigenvalue weighted by Gasteiger charge is -2.11. The van der Waals surface area contributed by atoms with E-state index in [0.29, 0.717) is 5.92 Å². The molecule has 1 unspecified atom stereocenters. The van der Waals surface area contributed by atoms with Crippen LogP contribution in [-0.4, -0.2) is 18.2 Å². The maximum atomic E-state index is 11.9. The minimum atomic E-state index is -0.276. The highest BCUT2D eigenvalue weighted by Gasteiger charge is 2.30. The fraction of sp³-hybridized carbons (Fsp3) is 0.500. The fourth-order valence-corrected chi connectivity index (χ4v) is 3.28. The van der Waals surface area contributed by atoms with Gasteiger partial charge in [-0.2, -0.15) is 0 Å². The van der Waals surface area contributed by atoms with Crippen molar-refractivity contribution in [3.8, 4) is 0 Å². The van der Waals surface area contributed by atoms with Crippen LogP contribution < -0.4 is 10.6 Å². The molecule has 1 aromatic rings. The first-order valence-corrected chi connectivity index (χ1v) is 7.89. The second-order valence-electron chi connectivity index (χ2n) is 5.05. The van der Waals surface area contributed by atoms with E-state index in [9.17, 15) is 4.79 Å². The van der Waals surface area contributed by atoms with Gasteiger partial charge in [-0.05, 0) is 24.6 Å². The lowest BCUT2D eigenvalue weighted by Crippen LogP contribution is -2.27. The summed E-state index contributed by atoms with van der Waals surface area (Å²) < 4.78 is 0. The lowest BCUT2D eigenvalue weighted by atomic mass is 10.1. The first-order valence-electron chi connectivity index (χ1n) is 6.53. The van der Waals surface area contributed by atoms with Gasteiger partial charge in [-0.1, -0.05) is 32.4 Å². The Morgan fingerprint density at radius 3 is 2.84 bits per heavy atom. The lowest BCUT2D eigenvalue weighted by molar-refractivity contribution is -0.117. The number of hydrogen-bond donors (Lipinski definition) is 2. The van der Waals surface area contributed by atoms with Gasteiger partial charge in [-0.25, -0.2) is 0 Å². The number of halogens is 1. The summed E-state index contributed by atoms with van der Waals surface area (Å²) in [4.78, 5) is 12.9. The Bertz CT molecular complexity index is 491. The van der Waals surface area contributed by atoms with Crippen molar-refractivity contribution in [1.29, 1.82) is 0 Å². The Labute approximate surface area is 123 Å². The molecule has 0 spiro atoms. The van der Waals surface area contributed by atoms with E-state index in [1.54, 1.807) is 11.8 Å². The predicted molar refractivity (Wildman–Crippen MR) is 82.1 cm³/mol. The van der Waals surface area contributed by atoms with Crippen LogP contribution in [-0.2, 0) is 4.79 Å². The molecule has 1 amide bonds. The molecule has 0 fully saturated rings. The predicted octanol–water partition coefficient (Wildman–Crippen LogP) is 3.69. The number of nitrogens with one attached hydrogen (secondary N) is 2. The Balaban J connectivity index is 2.25. The van der Waals surface area contributed by atoms with Crippen molar-refractivity contribution in [1.82, 2.24) is 5.32 Å². The molecule has 0 saturated carbocycles. The first-order chi connectivity index (χ1) is 9.02. The van der Waals surface area contributed by atoms with Crippen LogP contribution in [0.1, 0.15) is 32.4 Å². The standard InChI is InChI=1S/C14H19ClN2OS/c1-4-16-13-9-5-10(15)12(19-7-8(2)3)6-11(9)17-14(13)18/h5-6,8,13,16H,4,7H2,1-3H3,(H,17,18). The summed E-state index contributed by atoms with van der Waals surface area (Å²) in [5.41, 5.74) is 1.83. The molecule has 1 aliphatic rings. The molecular formula is C14H19ClN2OS. The number of carbonyl (C=O) groups is 1. The molecule has 0 bridgehead atoms. The Hall–Kier alpha value is -0.710. The summed E-state index contributed by atoms with van der Waals surface area (Å²) in [5.74, 6) is 1.63. The van der Waals surface area contributed by atoms with E-state index in [0.717, 1.165) is 33.5 Å². The number of anilines is 1. The molecule has 19 heavy (non-hydrogen) atoms.